The highest BCUT2D eigenvalue weighted by Crippen LogP contribution is 2.15. The quantitative estimate of drug-likeness (QED) is 0.702. The van der Waals surface area contributed by atoms with Crippen LogP contribution in [0.5, 0.6) is 0 Å². The Balaban J connectivity index is 2.10. The van der Waals surface area contributed by atoms with Gasteiger partial charge in [-0.2, -0.15) is 0 Å². The largest absolute Gasteiger partial charge is 0.355 e. The molecule has 1 amide bonds. The van der Waals surface area contributed by atoms with Crippen molar-refractivity contribution in [2.75, 3.05) is 19.6 Å². The number of carbonyl (C=O) groups excluding carboxylic acids is 1. The lowest BCUT2D eigenvalue weighted by Crippen LogP contribution is -2.40. The fourth-order valence-electron chi connectivity index (χ4n) is 2.45. The first-order chi connectivity index (χ1) is 8.13. The third-order valence-electron chi connectivity index (χ3n) is 3.50. The topological polar surface area (TPSA) is 58.4 Å². The number of nitrogens with two attached hydrogens (primary N) is 1. The van der Waals surface area contributed by atoms with Gasteiger partial charge in [0.05, 0.1) is 0 Å². The Kier molecular flexibility index (Phi) is 6.52. The summed E-state index contributed by atoms with van der Waals surface area (Å²) in [6.07, 6.45) is 4.91. The Bertz CT molecular complexity index is 231. The van der Waals surface area contributed by atoms with Crippen LogP contribution in [0, 0.1) is 0 Å². The minimum Gasteiger partial charge on any atom is -0.355 e. The van der Waals surface area contributed by atoms with Crippen LogP contribution in [-0.4, -0.2) is 42.5 Å². The minimum atomic E-state index is 0.175. The first-order valence-corrected chi connectivity index (χ1v) is 6.89. The van der Waals surface area contributed by atoms with E-state index in [1.54, 1.807) is 0 Å². The summed E-state index contributed by atoms with van der Waals surface area (Å²) in [5.41, 5.74) is 5.65. The number of amides is 1. The van der Waals surface area contributed by atoms with Crippen LogP contribution in [0.1, 0.15) is 46.0 Å². The predicted octanol–water partition coefficient (Wildman–Crippen LogP) is 1.10. The van der Waals surface area contributed by atoms with E-state index in [0.29, 0.717) is 12.5 Å². The molecule has 1 aliphatic heterocycles. The molecule has 1 rings (SSSR count). The molecule has 0 aromatic heterocycles. The van der Waals surface area contributed by atoms with Gasteiger partial charge in [-0.05, 0) is 45.7 Å². The van der Waals surface area contributed by atoms with Gasteiger partial charge in [-0.25, -0.2) is 0 Å². The van der Waals surface area contributed by atoms with Crippen LogP contribution in [0.15, 0.2) is 0 Å². The van der Waals surface area contributed by atoms with Crippen molar-refractivity contribution in [2.45, 2.75) is 58.0 Å². The van der Waals surface area contributed by atoms with Crippen molar-refractivity contribution in [3.05, 3.63) is 0 Å². The van der Waals surface area contributed by atoms with Crippen molar-refractivity contribution in [3.63, 3.8) is 0 Å². The van der Waals surface area contributed by atoms with Gasteiger partial charge < -0.3 is 11.1 Å². The first kappa shape index (κ1) is 14.5. The van der Waals surface area contributed by atoms with E-state index in [0.717, 1.165) is 25.9 Å². The molecule has 0 aromatic rings. The molecule has 1 aliphatic rings. The zero-order valence-electron chi connectivity index (χ0n) is 11.2. The highest BCUT2D eigenvalue weighted by atomic mass is 16.1. The molecule has 17 heavy (non-hydrogen) atoms. The number of rotatable bonds is 7. The van der Waals surface area contributed by atoms with Crippen molar-refractivity contribution in [2.24, 2.45) is 5.73 Å². The number of likely N-dealkylation sites (N-methyl/N-ethyl adjacent to an activating group) is 1. The number of hydrogen-bond donors (Lipinski definition) is 2. The zero-order chi connectivity index (χ0) is 12.7. The number of carbonyl (C=O) groups is 1. The number of nitrogens with zero attached hydrogens (tertiary/aromatic N) is 1. The van der Waals surface area contributed by atoms with Crippen LogP contribution in [0.2, 0.25) is 0 Å². The second kappa shape index (κ2) is 7.67. The highest BCUT2D eigenvalue weighted by molar-refractivity contribution is 5.75. The lowest BCUT2D eigenvalue weighted by Gasteiger charge is -2.22. The number of likely N-dealkylation sites (tertiary alicyclic amines) is 1. The van der Waals surface area contributed by atoms with E-state index >= 15 is 0 Å². The van der Waals surface area contributed by atoms with E-state index in [-0.39, 0.29) is 11.9 Å². The molecule has 0 bridgehead atoms. The normalized spacial score (nSPS) is 22.6. The van der Waals surface area contributed by atoms with Gasteiger partial charge in [0, 0.05) is 25.0 Å². The monoisotopic (exact) mass is 241 g/mol. The molecule has 2 atom stereocenters. The predicted molar refractivity (Wildman–Crippen MR) is 70.8 cm³/mol. The fraction of sp³-hybridized carbons (Fsp3) is 0.923. The molecule has 2 unspecified atom stereocenters. The molecule has 0 aliphatic carbocycles. The van der Waals surface area contributed by atoms with Gasteiger partial charge >= 0.3 is 0 Å². The van der Waals surface area contributed by atoms with E-state index in [2.05, 4.69) is 17.1 Å². The number of nitrogens with one attached hydrogen (secondary N) is 1. The van der Waals surface area contributed by atoms with E-state index in [1.165, 1.54) is 19.4 Å². The second-order valence-corrected chi connectivity index (χ2v) is 5.10. The van der Waals surface area contributed by atoms with E-state index in [4.69, 9.17) is 5.73 Å². The van der Waals surface area contributed by atoms with Gasteiger partial charge in [0.25, 0.3) is 0 Å². The van der Waals surface area contributed by atoms with Crippen LogP contribution in [0.25, 0.3) is 0 Å². The van der Waals surface area contributed by atoms with Crippen molar-refractivity contribution < 1.29 is 4.79 Å². The Morgan fingerprint density at radius 2 is 2.35 bits per heavy atom. The maximum atomic E-state index is 11.6. The average Bonchev–Trinajstić information content (AvgIpc) is 2.73. The number of hydrogen-bond acceptors (Lipinski definition) is 3. The summed E-state index contributed by atoms with van der Waals surface area (Å²) in [6, 6.07) is 0.755. The summed E-state index contributed by atoms with van der Waals surface area (Å²) in [5, 5.41) is 3.04. The molecule has 1 fully saturated rings. The van der Waals surface area contributed by atoms with Gasteiger partial charge in [-0.1, -0.05) is 6.92 Å². The molecule has 1 heterocycles. The molecular formula is C13H27N3O. The van der Waals surface area contributed by atoms with E-state index in [1.807, 2.05) is 6.92 Å². The molecular weight excluding hydrogens is 214 g/mol. The van der Waals surface area contributed by atoms with Crippen LogP contribution < -0.4 is 11.1 Å². The van der Waals surface area contributed by atoms with Gasteiger partial charge in [0.15, 0.2) is 0 Å². The Labute approximate surface area is 105 Å². The third kappa shape index (κ3) is 5.50. The summed E-state index contributed by atoms with van der Waals surface area (Å²) >= 11 is 0. The summed E-state index contributed by atoms with van der Waals surface area (Å²) in [6.45, 7) is 7.25. The van der Waals surface area contributed by atoms with E-state index in [9.17, 15) is 4.79 Å². The van der Waals surface area contributed by atoms with Crippen LogP contribution in [0.3, 0.4) is 0 Å². The molecule has 100 valence electrons. The summed E-state index contributed by atoms with van der Waals surface area (Å²) < 4.78 is 0. The standard InChI is InChI=1S/C13H27N3O/c1-3-16-9-5-7-12(16)10-15-13(17)8-4-6-11(2)14/h11-12H,3-10,14H2,1-2H3,(H,15,17). The van der Waals surface area contributed by atoms with Crippen molar-refractivity contribution >= 4 is 5.91 Å². The Morgan fingerprint density at radius 1 is 1.59 bits per heavy atom. The minimum absolute atomic E-state index is 0.175. The van der Waals surface area contributed by atoms with Crippen LogP contribution in [-0.2, 0) is 4.79 Å². The lowest BCUT2D eigenvalue weighted by atomic mass is 10.1. The van der Waals surface area contributed by atoms with E-state index < -0.39 is 0 Å². The highest BCUT2D eigenvalue weighted by Gasteiger charge is 2.22. The van der Waals surface area contributed by atoms with Crippen molar-refractivity contribution in [1.82, 2.24) is 10.2 Å². The van der Waals surface area contributed by atoms with Gasteiger partial charge in [-0.15, -0.1) is 0 Å². The van der Waals surface area contributed by atoms with Crippen LogP contribution in [0.4, 0.5) is 0 Å². The third-order valence-corrected chi connectivity index (χ3v) is 3.50. The summed E-state index contributed by atoms with van der Waals surface area (Å²) in [4.78, 5) is 14.1. The summed E-state index contributed by atoms with van der Waals surface area (Å²) in [7, 11) is 0. The SMILES string of the molecule is CCN1CCCC1CNC(=O)CCCC(C)N. The smallest absolute Gasteiger partial charge is 0.220 e. The maximum Gasteiger partial charge on any atom is 0.220 e. The Morgan fingerprint density at radius 3 is 3.00 bits per heavy atom. The van der Waals surface area contributed by atoms with Crippen molar-refractivity contribution in [1.29, 1.82) is 0 Å². The van der Waals surface area contributed by atoms with Gasteiger partial charge in [0.1, 0.15) is 0 Å². The molecule has 3 N–H and O–H groups in total. The van der Waals surface area contributed by atoms with Crippen molar-refractivity contribution in [3.8, 4) is 0 Å². The molecule has 0 saturated carbocycles. The molecule has 0 radical (unpaired) electrons. The molecule has 0 spiro atoms. The molecule has 4 heteroatoms. The second-order valence-electron chi connectivity index (χ2n) is 5.10. The maximum absolute atomic E-state index is 11.6. The van der Waals surface area contributed by atoms with Crippen LogP contribution >= 0.6 is 0 Å². The Hall–Kier alpha value is -0.610. The summed E-state index contributed by atoms with van der Waals surface area (Å²) in [5.74, 6) is 0.175. The molecule has 0 aromatic carbocycles. The first-order valence-electron chi connectivity index (χ1n) is 6.89. The van der Waals surface area contributed by atoms with Gasteiger partial charge in [-0.3, -0.25) is 9.69 Å². The lowest BCUT2D eigenvalue weighted by molar-refractivity contribution is -0.121. The molecule has 1 saturated heterocycles. The average molecular weight is 241 g/mol. The fourth-order valence-corrected chi connectivity index (χ4v) is 2.45. The van der Waals surface area contributed by atoms with Gasteiger partial charge in [0.2, 0.25) is 5.91 Å². The molecule has 4 nitrogen and oxygen atoms in total. The zero-order valence-corrected chi connectivity index (χ0v) is 11.2.